The maximum Gasteiger partial charge on any atom is 0.0314 e. The van der Waals surface area contributed by atoms with Gasteiger partial charge in [0.2, 0.25) is 0 Å². The molecule has 1 nitrogen and oxygen atoms in total. The Bertz CT molecular complexity index is 568. The van der Waals surface area contributed by atoms with Crippen molar-refractivity contribution >= 4 is 28.3 Å². The van der Waals surface area contributed by atoms with E-state index >= 15 is 0 Å². The van der Waals surface area contributed by atoms with Crippen LogP contribution in [0.15, 0.2) is 24.3 Å². The van der Waals surface area contributed by atoms with Crippen molar-refractivity contribution in [3.63, 3.8) is 0 Å². The number of nitrogen functional groups attached to an aromatic ring is 1. The van der Waals surface area contributed by atoms with E-state index < -0.39 is 0 Å². The Labute approximate surface area is 123 Å². The molecule has 0 fully saturated rings. The summed E-state index contributed by atoms with van der Waals surface area (Å²) in [7, 11) is 0. The zero-order valence-electron chi connectivity index (χ0n) is 11.3. The van der Waals surface area contributed by atoms with Gasteiger partial charge in [-0.1, -0.05) is 12.1 Å². The second-order valence-electron chi connectivity index (χ2n) is 4.81. The molecule has 94 valence electrons. The van der Waals surface area contributed by atoms with Gasteiger partial charge in [-0.2, -0.15) is 0 Å². The van der Waals surface area contributed by atoms with Gasteiger partial charge in [-0.05, 0) is 95.8 Å². The minimum absolute atomic E-state index is 0.813. The van der Waals surface area contributed by atoms with Crippen LogP contribution in [0.3, 0.4) is 0 Å². The first-order valence-corrected chi connectivity index (χ1v) is 7.13. The normalized spacial score (nSPS) is 10.7. The van der Waals surface area contributed by atoms with Gasteiger partial charge in [0.05, 0.1) is 0 Å². The second-order valence-corrected chi connectivity index (χ2v) is 5.89. The van der Waals surface area contributed by atoms with E-state index in [1.807, 2.05) is 12.1 Å². The summed E-state index contributed by atoms with van der Waals surface area (Å²) in [4.78, 5) is 0. The van der Waals surface area contributed by atoms with E-state index in [4.69, 9.17) is 5.73 Å². The van der Waals surface area contributed by atoms with Crippen molar-refractivity contribution in [1.29, 1.82) is 0 Å². The highest BCUT2D eigenvalue weighted by atomic mass is 127. The summed E-state index contributed by atoms with van der Waals surface area (Å²) in [6.45, 7) is 8.81. The van der Waals surface area contributed by atoms with Crippen molar-refractivity contribution in [2.24, 2.45) is 0 Å². The first-order chi connectivity index (χ1) is 8.43. The van der Waals surface area contributed by atoms with E-state index in [0.717, 1.165) is 5.69 Å². The molecule has 0 spiro atoms. The Morgan fingerprint density at radius 1 is 0.778 bits per heavy atom. The monoisotopic (exact) mass is 351 g/mol. The van der Waals surface area contributed by atoms with E-state index in [-0.39, 0.29) is 0 Å². The third-order valence-corrected chi connectivity index (χ3v) is 5.35. The van der Waals surface area contributed by atoms with Gasteiger partial charge in [-0.3, -0.25) is 0 Å². The molecule has 2 rings (SSSR count). The average molecular weight is 351 g/mol. The predicted octanol–water partition coefficient (Wildman–Crippen LogP) is 4.77. The van der Waals surface area contributed by atoms with Gasteiger partial charge in [0.1, 0.15) is 0 Å². The zero-order valence-corrected chi connectivity index (χ0v) is 13.4. The maximum absolute atomic E-state index is 5.76. The van der Waals surface area contributed by atoms with Gasteiger partial charge in [0.25, 0.3) is 0 Å². The molecular weight excluding hydrogens is 333 g/mol. The van der Waals surface area contributed by atoms with E-state index in [1.54, 1.807) is 0 Å². The number of nitrogens with two attached hydrogens (primary N) is 1. The van der Waals surface area contributed by atoms with Crippen molar-refractivity contribution in [2.45, 2.75) is 27.7 Å². The van der Waals surface area contributed by atoms with Crippen LogP contribution in [0.1, 0.15) is 22.3 Å². The molecule has 0 atom stereocenters. The summed E-state index contributed by atoms with van der Waals surface area (Å²) in [6, 6.07) is 8.15. The maximum atomic E-state index is 5.76. The molecule has 0 saturated heterocycles. The van der Waals surface area contributed by atoms with Crippen LogP contribution in [0.4, 0.5) is 5.69 Å². The summed E-state index contributed by atoms with van der Waals surface area (Å²) in [6.07, 6.45) is 0. The highest BCUT2D eigenvalue weighted by molar-refractivity contribution is 14.1. The Hall–Kier alpha value is -1.03. The molecular formula is C16H18IN. The number of hydrogen-bond donors (Lipinski definition) is 1. The summed E-state index contributed by atoms with van der Waals surface area (Å²) in [5.41, 5.74) is 14.7. The SMILES string of the molecule is Cc1c(C)c(-c2ccc(N)cc2)c(C)c(C)c1I. The lowest BCUT2D eigenvalue weighted by Crippen LogP contribution is -1.99. The molecule has 0 aliphatic carbocycles. The molecule has 0 aliphatic rings. The van der Waals surface area contributed by atoms with Crippen LogP contribution >= 0.6 is 22.6 Å². The lowest BCUT2D eigenvalue weighted by Gasteiger charge is -2.18. The lowest BCUT2D eigenvalue weighted by molar-refractivity contribution is 1.22. The highest BCUT2D eigenvalue weighted by Gasteiger charge is 2.14. The first-order valence-electron chi connectivity index (χ1n) is 6.05. The molecule has 0 aliphatic heterocycles. The Morgan fingerprint density at radius 2 is 1.22 bits per heavy atom. The summed E-state index contributed by atoms with van der Waals surface area (Å²) in [5, 5.41) is 0. The van der Waals surface area contributed by atoms with Gasteiger partial charge in [-0.25, -0.2) is 0 Å². The number of hydrogen-bond acceptors (Lipinski definition) is 1. The van der Waals surface area contributed by atoms with Gasteiger partial charge in [-0.15, -0.1) is 0 Å². The number of anilines is 1. The van der Waals surface area contributed by atoms with Gasteiger partial charge in [0.15, 0.2) is 0 Å². The number of benzene rings is 2. The number of halogens is 1. The first kappa shape index (κ1) is 13.4. The molecule has 0 unspecified atom stereocenters. The Balaban J connectivity index is 2.75. The fourth-order valence-electron chi connectivity index (χ4n) is 2.35. The average Bonchev–Trinajstić information content (AvgIpc) is 2.36. The van der Waals surface area contributed by atoms with Crippen molar-refractivity contribution in [3.05, 3.63) is 50.1 Å². The summed E-state index contributed by atoms with van der Waals surface area (Å²) >= 11 is 2.44. The molecule has 0 bridgehead atoms. The second kappa shape index (κ2) is 4.92. The Morgan fingerprint density at radius 3 is 1.67 bits per heavy atom. The largest absolute Gasteiger partial charge is 0.399 e. The van der Waals surface area contributed by atoms with E-state index in [9.17, 15) is 0 Å². The number of rotatable bonds is 1. The third-order valence-electron chi connectivity index (χ3n) is 3.73. The molecule has 2 heteroatoms. The van der Waals surface area contributed by atoms with Crippen LogP contribution in [0.25, 0.3) is 11.1 Å². The fourth-order valence-corrected chi connectivity index (χ4v) is 3.16. The van der Waals surface area contributed by atoms with E-state index in [2.05, 4.69) is 62.4 Å². The fraction of sp³-hybridized carbons (Fsp3) is 0.250. The quantitative estimate of drug-likeness (QED) is 0.581. The van der Waals surface area contributed by atoms with Crippen molar-refractivity contribution in [1.82, 2.24) is 0 Å². The smallest absolute Gasteiger partial charge is 0.0314 e. The highest BCUT2D eigenvalue weighted by Crippen LogP contribution is 2.35. The topological polar surface area (TPSA) is 26.0 Å². The van der Waals surface area contributed by atoms with E-state index in [0.29, 0.717) is 0 Å². The lowest BCUT2D eigenvalue weighted by atomic mass is 9.90. The summed E-state index contributed by atoms with van der Waals surface area (Å²) < 4.78 is 1.38. The molecule has 0 saturated carbocycles. The van der Waals surface area contributed by atoms with Crippen molar-refractivity contribution in [2.75, 3.05) is 5.73 Å². The molecule has 2 N–H and O–H groups in total. The van der Waals surface area contributed by atoms with Crippen LogP contribution in [-0.2, 0) is 0 Å². The van der Waals surface area contributed by atoms with Gasteiger partial charge in [0, 0.05) is 9.26 Å². The van der Waals surface area contributed by atoms with Gasteiger partial charge >= 0.3 is 0 Å². The standard InChI is InChI=1S/C16H18IN/c1-9-11(3)16(17)12(4)10(2)15(9)13-5-7-14(18)8-6-13/h5-8H,18H2,1-4H3. The van der Waals surface area contributed by atoms with Crippen LogP contribution in [-0.4, -0.2) is 0 Å². The molecule has 0 amide bonds. The van der Waals surface area contributed by atoms with Crippen LogP contribution in [0.5, 0.6) is 0 Å². The third kappa shape index (κ3) is 2.14. The van der Waals surface area contributed by atoms with Crippen LogP contribution < -0.4 is 5.73 Å². The molecule has 0 radical (unpaired) electrons. The Kier molecular flexibility index (Phi) is 3.66. The van der Waals surface area contributed by atoms with Crippen LogP contribution in [0.2, 0.25) is 0 Å². The van der Waals surface area contributed by atoms with Crippen molar-refractivity contribution in [3.8, 4) is 11.1 Å². The van der Waals surface area contributed by atoms with Crippen LogP contribution in [0, 0.1) is 31.3 Å². The zero-order chi connectivity index (χ0) is 13.4. The van der Waals surface area contributed by atoms with E-state index in [1.165, 1.54) is 37.0 Å². The molecule has 2 aromatic rings. The molecule has 0 aromatic heterocycles. The predicted molar refractivity (Wildman–Crippen MR) is 88.0 cm³/mol. The molecule has 2 aromatic carbocycles. The minimum atomic E-state index is 0.813. The molecule has 18 heavy (non-hydrogen) atoms. The van der Waals surface area contributed by atoms with Gasteiger partial charge < -0.3 is 5.73 Å². The van der Waals surface area contributed by atoms with Crippen molar-refractivity contribution < 1.29 is 0 Å². The summed E-state index contributed by atoms with van der Waals surface area (Å²) in [5.74, 6) is 0. The minimum Gasteiger partial charge on any atom is -0.399 e. The molecule has 0 heterocycles.